The number of rotatable bonds is 8. The summed E-state index contributed by atoms with van der Waals surface area (Å²) in [7, 11) is 0. The molecule has 0 saturated carbocycles. The average molecular weight is 372 g/mol. The molecule has 1 heteroatoms. The highest BCUT2D eigenvalue weighted by molar-refractivity contribution is 5.41. The molecule has 2 N–H and O–H groups in total. The highest BCUT2D eigenvalue weighted by Gasteiger charge is 2.33. The molecular formula is C27H33N. The molecule has 0 amide bonds. The van der Waals surface area contributed by atoms with Gasteiger partial charge in [-0.25, -0.2) is 0 Å². The lowest BCUT2D eigenvalue weighted by Crippen LogP contribution is -2.29. The van der Waals surface area contributed by atoms with Crippen molar-refractivity contribution < 1.29 is 0 Å². The van der Waals surface area contributed by atoms with Crippen LogP contribution < -0.4 is 5.73 Å². The van der Waals surface area contributed by atoms with Gasteiger partial charge in [-0.05, 0) is 47.4 Å². The first-order valence-electron chi connectivity index (χ1n) is 10.5. The normalized spacial score (nSPS) is 14.6. The van der Waals surface area contributed by atoms with E-state index in [-0.39, 0.29) is 11.5 Å². The number of hydrogen-bond donors (Lipinski definition) is 1. The second kappa shape index (κ2) is 9.21. The van der Waals surface area contributed by atoms with Gasteiger partial charge in [-0.15, -0.1) is 0 Å². The van der Waals surface area contributed by atoms with E-state index in [1.54, 1.807) is 0 Å². The monoisotopic (exact) mass is 371 g/mol. The van der Waals surface area contributed by atoms with Crippen LogP contribution in [-0.4, -0.2) is 0 Å². The molecule has 0 bridgehead atoms. The summed E-state index contributed by atoms with van der Waals surface area (Å²) in [4.78, 5) is 0. The maximum Gasteiger partial charge on any atom is 0.0295 e. The van der Waals surface area contributed by atoms with Gasteiger partial charge in [0.15, 0.2) is 0 Å². The molecule has 3 rings (SSSR count). The van der Waals surface area contributed by atoms with Gasteiger partial charge in [0.2, 0.25) is 0 Å². The zero-order valence-corrected chi connectivity index (χ0v) is 17.4. The minimum absolute atomic E-state index is 0.0153. The van der Waals surface area contributed by atoms with Gasteiger partial charge in [0.05, 0.1) is 0 Å². The third kappa shape index (κ3) is 4.36. The lowest BCUT2D eigenvalue weighted by atomic mass is 9.68. The van der Waals surface area contributed by atoms with Gasteiger partial charge in [-0.3, -0.25) is 0 Å². The first-order valence-corrected chi connectivity index (χ1v) is 10.5. The van der Waals surface area contributed by atoms with E-state index < -0.39 is 0 Å². The molecule has 2 atom stereocenters. The van der Waals surface area contributed by atoms with Crippen LogP contribution in [0.4, 0.5) is 0 Å². The molecule has 146 valence electrons. The van der Waals surface area contributed by atoms with Crippen molar-refractivity contribution in [3.8, 4) is 0 Å². The first kappa shape index (κ1) is 20.4. The molecule has 3 aromatic carbocycles. The maximum absolute atomic E-state index is 6.59. The van der Waals surface area contributed by atoms with E-state index in [1.807, 2.05) is 6.07 Å². The van der Waals surface area contributed by atoms with Crippen LogP contribution in [0.1, 0.15) is 74.2 Å². The fraction of sp³-hybridized carbons (Fsp3) is 0.333. The van der Waals surface area contributed by atoms with Crippen LogP contribution in [0.15, 0.2) is 84.9 Å². The lowest BCUT2D eigenvalue weighted by Gasteiger charge is -2.36. The van der Waals surface area contributed by atoms with E-state index in [4.69, 9.17) is 5.73 Å². The predicted molar refractivity (Wildman–Crippen MR) is 121 cm³/mol. The molecule has 0 aliphatic carbocycles. The smallest absolute Gasteiger partial charge is 0.0295 e. The highest BCUT2D eigenvalue weighted by atomic mass is 14.6. The van der Waals surface area contributed by atoms with Crippen molar-refractivity contribution >= 4 is 0 Å². The number of hydrogen-bond acceptors (Lipinski definition) is 1. The van der Waals surface area contributed by atoms with Crippen molar-refractivity contribution in [1.82, 2.24) is 0 Å². The molecule has 0 radical (unpaired) electrons. The molecule has 0 aromatic heterocycles. The SMILES string of the molecule is CCC(CC[C@H](N)c1ccccc1)(c1ccccc1)c1cccc(C(C)C)c1. The lowest BCUT2D eigenvalue weighted by molar-refractivity contribution is 0.417. The van der Waals surface area contributed by atoms with E-state index >= 15 is 0 Å². The number of benzene rings is 3. The van der Waals surface area contributed by atoms with Gasteiger partial charge in [-0.2, -0.15) is 0 Å². The molecule has 0 aliphatic rings. The largest absolute Gasteiger partial charge is 0.324 e. The van der Waals surface area contributed by atoms with Crippen LogP contribution in [0.25, 0.3) is 0 Å². The Morgan fingerprint density at radius 1 is 0.750 bits per heavy atom. The van der Waals surface area contributed by atoms with Gasteiger partial charge in [0.25, 0.3) is 0 Å². The highest BCUT2D eigenvalue weighted by Crippen LogP contribution is 2.42. The minimum atomic E-state index is -0.0153. The molecule has 3 aromatic rings. The van der Waals surface area contributed by atoms with Gasteiger partial charge in [0.1, 0.15) is 0 Å². The molecule has 0 spiro atoms. The summed E-state index contributed by atoms with van der Waals surface area (Å²) >= 11 is 0. The van der Waals surface area contributed by atoms with E-state index in [0.29, 0.717) is 5.92 Å². The second-order valence-electron chi connectivity index (χ2n) is 8.14. The fourth-order valence-corrected chi connectivity index (χ4v) is 4.26. The minimum Gasteiger partial charge on any atom is -0.324 e. The molecule has 28 heavy (non-hydrogen) atoms. The molecule has 1 nitrogen and oxygen atoms in total. The topological polar surface area (TPSA) is 26.0 Å². The summed E-state index contributed by atoms with van der Waals surface area (Å²) in [6, 6.07) is 30.7. The molecular weight excluding hydrogens is 338 g/mol. The van der Waals surface area contributed by atoms with Crippen molar-refractivity contribution in [3.63, 3.8) is 0 Å². The van der Waals surface area contributed by atoms with Crippen LogP contribution in [0.3, 0.4) is 0 Å². The summed E-state index contributed by atoms with van der Waals surface area (Å²) in [5.41, 5.74) is 12.0. The van der Waals surface area contributed by atoms with E-state index in [2.05, 4.69) is 99.6 Å². The summed E-state index contributed by atoms with van der Waals surface area (Å²) in [5.74, 6) is 0.525. The summed E-state index contributed by atoms with van der Waals surface area (Å²) in [6.45, 7) is 6.84. The molecule has 0 aliphatic heterocycles. The van der Waals surface area contributed by atoms with Crippen LogP contribution in [-0.2, 0) is 5.41 Å². The Labute approximate surface area is 170 Å². The Morgan fingerprint density at radius 2 is 1.32 bits per heavy atom. The van der Waals surface area contributed by atoms with Crippen molar-refractivity contribution in [2.45, 2.75) is 57.4 Å². The summed E-state index contributed by atoms with van der Waals surface area (Å²) in [6.07, 6.45) is 3.05. The van der Waals surface area contributed by atoms with Crippen LogP contribution >= 0.6 is 0 Å². The summed E-state index contributed by atoms with van der Waals surface area (Å²) < 4.78 is 0. The number of nitrogens with two attached hydrogens (primary N) is 1. The first-order chi connectivity index (χ1) is 13.6. The average Bonchev–Trinajstić information content (AvgIpc) is 2.76. The van der Waals surface area contributed by atoms with Crippen molar-refractivity contribution in [2.24, 2.45) is 5.73 Å². The van der Waals surface area contributed by atoms with Gasteiger partial charge >= 0.3 is 0 Å². The quantitative estimate of drug-likeness (QED) is 0.454. The van der Waals surface area contributed by atoms with E-state index in [0.717, 1.165) is 19.3 Å². The standard InChI is InChI=1S/C27H33N/c1-4-27(24-15-9-6-10-16-24,25-17-11-14-23(20-25)21(2)3)19-18-26(28)22-12-7-5-8-13-22/h5-17,20-21,26H,4,18-19,28H2,1-3H3/t26-,27?/m0/s1. The second-order valence-corrected chi connectivity index (χ2v) is 8.14. The zero-order chi connectivity index (χ0) is 20.0. The molecule has 0 heterocycles. The Hall–Kier alpha value is -2.38. The summed E-state index contributed by atoms with van der Waals surface area (Å²) in [5, 5.41) is 0. The van der Waals surface area contributed by atoms with Gasteiger partial charge in [-0.1, -0.05) is 106 Å². The Balaban J connectivity index is 1.98. The van der Waals surface area contributed by atoms with Crippen molar-refractivity contribution in [2.75, 3.05) is 0 Å². The van der Waals surface area contributed by atoms with Crippen molar-refractivity contribution in [3.05, 3.63) is 107 Å². The fourth-order valence-electron chi connectivity index (χ4n) is 4.26. The third-order valence-corrected chi connectivity index (χ3v) is 6.15. The third-order valence-electron chi connectivity index (χ3n) is 6.15. The maximum atomic E-state index is 6.59. The van der Waals surface area contributed by atoms with Crippen LogP contribution in [0.5, 0.6) is 0 Å². The Morgan fingerprint density at radius 3 is 1.93 bits per heavy atom. The zero-order valence-electron chi connectivity index (χ0n) is 17.4. The molecule has 1 unspecified atom stereocenters. The van der Waals surface area contributed by atoms with Crippen LogP contribution in [0.2, 0.25) is 0 Å². The van der Waals surface area contributed by atoms with E-state index in [1.165, 1.54) is 22.3 Å². The predicted octanol–water partition coefficient (Wildman–Crippen LogP) is 6.99. The van der Waals surface area contributed by atoms with E-state index in [9.17, 15) is 0 Å². The molecule has 0 fully saturated rings. The van der Waals surface area contributed by atoms with Crippen LogP contribution in [0, 0.1) is 0 Å². The molecule has 0 saturated heterocycles. The van der Waals surface area contributed by atoms with Crippen molar-refractivity contribution in [1.29, 1.82) is 0 Å². The Kier molecular flexibility index (Phi) is 6.70. The van der Waals surface area contributed by atoms with Gasteiger partial charge < -0.3 is 5.73 Å². The van der Waals surface area contributed by atoms with Gasteiger partial charge in [0, 0.05) is 11.5 Å². The Bertz CT molecular complexity index is 854.